The number of carbonyl (C=O) groups excluding carboxylic acids is 3. The third-order valence-corrected chi connectivity index (χ3v) is 4.75. The number of aliphatic imine (C=N–C) groups is 1. The fourth-order valence-corrected chi connectivity index (χ4v) is 3.54. The molecule has 2 heterocycles. The standard InChI is InChI=1S/C16H22NO11P/c1-7-17-14-11(25-7)5-13(29(21,22)23)28-16(14)15(27-10(4)20)12(26-9(3)19)6-24-8(2)18/h5,11-12,14-16H,6H2,1-4H3,(H2,21,22,23). The smallest absolute Gasteiger partial charge is 0.390 e. The predicted octanol–water partition coefficient (Wildman–Crippen LogP) is 0.0166. The van der Waals surface area contributed by atoms with Crippen LogP contribution in [-0.4, -0.2) is 70.7 Å². The minimum Gasteiger partial charge on any atom is -0.476 e. The first kappa shape index (κ1) is 22.9. The Morgan fingerprint density at radius 3 is 2.28 bits per heavy atom. The molecule has 0 saturated heterocycles. The van der Waals surface area contributed by atoms with E-state index in [0.717, 1.165) is 26.8 Å². The monoisotopic (exact) mass is 435 g/mol. The summed E-state index contributed by atoms with van der Waals surface area (Å²) >= 11 is 0. The van der Waals surface area contributed by atoms with Crippen molar-refractivity contribution in [1.82, 2.24) is 0 Å². The average Bonchev–Trinajstić information content (AvgIpc) is 2.94. The molecule has 0 fully saturated rings. The van der Waals surface area contributed by atoms with Crippen molar-refractivity contribution in [3.8, 4) is 0 Å². The van der Waals surface area contributed by atoms with E-state index in [4.69, 9.17) is 23.7 Å². The molecule has 0 saturated carbocycles. The summed E-state index contributed by atoms with van der Waals surface area (Å²) < 4.78 is 37.9. The van der Waals surface area contributed by atoms with Gasteiger partial charge in [-0.15, -0.1) is 0 Å². The third kappa shape index (κ3) is 6.02. The van der Waals surface area contributed by atoms with Gasteiger partial charge in [0.2, 0.25) is 5.50 Å². The van der Waals surface area contributed by atoms with Crippen LogP contribution in [0.4, 0.5) is 0 Å². The van der Waals surface area contributed by atoms with E-state index in [1.807, 2.05) is 0 Å². The minimum absolute atomic E-state index is 0.224. The largest absolute Gasteiger partial charge is 0.476 e. The second-order valence-electron chi connectivity index (χ2n) is 6.38. The molecule has 2 N–H and O–H groups in total. The van der Waals surface area contributed by atoms with Crippen LogP contribution in [0.25, 0.3) is 0 Å². The third-order valence-electron chi connectivity index (χ3n) is 3.92. The number of nitrogens with zero attached hydrogens (tertiary/aromatic N) is 1. The van der Waals surface area contributed by atoms with E-state index in [9.17, 15) is 28.7 Å². The molecule has 0 aromatic rings. The van der Waals surface area contributed by atoms with Gasteiger partial charge in [0.1, 0.15) is 18.8 Å². The summed E-state index contributed by atoms with van der Waals surface area (Å²) in [6, 6.07) is -0.856. The highest BCUT2D eigenvalue weighted by Gasteiger charge is 2.51. The quantitative estimate of drug-likeness (QED) is 0.314. The Bertz CT molecular complexity index is 786. The molecule has 5 atom stereocenters. The summed E-state index contributed by atoms with van der Waals surface area (Å²) in [5, 5.41) is 0. The molecule has 0 amide bonds. The Balaban J connectivity index is 2.45. The van der Waals surface area contributed by atoms with Gasteiger partial charge in [-0.1, -0.05) is 0 Å². The van der Waals surface area contributed by atoms with Crippen molar-refractivity contribution in [2.45, 2.75) is 58.2 Å². The molecule has 0 aromatic heterocycles. The fourth-order valence-electron chi connectivity index (χ4n) is 2.94. The molecule has 2 aliphatic rings. The Labute approximate surface area is 166 Å². The van der Waals surface area contributed by atoms with Gasteiger partial charge in [0.15, 0.2) is 24.2 Å². The van der Waals surface area contributed by atoms with Crippen molar-refractivity contribution in [2.24, 2.45) is 4.99 Å². The molecule has 0 aliphatic carbocycles. The van der Waals surface area contributed by atoms with Crippen LogP contribution in [0, 0.1) is 0 Å². The van der Waals surface area contributed by atoms with E-state index < -0.39 is 68.1 Å². The maximum absolute atomic E-state index is 11.8. The molecule has 2 aliphatic heterocycles. The van der Waals surface area contributed by atoms with Crippen LogP contribution < -0.4 is 0 Å². The normalized spacial score (nSPS) is 25.2. The van der Waals surface area contributed by atoms with Gasteiger partial charge in [-0.3, -0.25) is 18.9 Å². The van der Waals surface area contributed by atoms with Crippen molar-refractivity contribution in [3.63, 3.8) is 0 Å². The Morgan fingerprint density at radius 2 is 1.76 bits per heavy atom. The van der Waals surface area contributed by atoms with Crippen LogP contribution in [-0.2, 0) is 42.6 Å². The number of esters is 3. The second kappa shape index (κ2) is 8.93. The second-order valence-corrected chi connectivity index (χ2v) is 7.91. The van der Waals surface area contributed by atoms with E-state index in [0.29, 0.717) is 0 Å². The predicted molar refractivity (Wildman–Crippen MR) is 94.5 cm³/mol. The summed E-state index contributed by atoms with van der Waals surface area (Å²) in [6.45, 7) is 4.36. The van der Waals surface area contributed by atoms with Gasteiger partial charge >= 0.3 is 25.5 Å². The molecule has 162 valence electrons. The number of hydrogen-bond acceptors (Lipinski definition) is 10. The summed E-state index contributed by atoms with van der Waals surface area (Å²) in [4.78, 5) is 57.7. The number of hydrogen-bond donors (Lipinski definition) is 2. The molecule has 2 rings (SSSR count). The van der Waals surface area contributed by atoms with Crippen LogP contribution >= 0.6 is 7.60 Å². The average molecular weight is 435 g/mol. The molecular formula is C16H22NO11P. The maximum Gasteiger partial charge on any atom is 0.390 e. The maximum atomic E-state index is 11.8. The molecule has 0 aromatic carbocycles. The number of ether oxygens (including phenoxy) is 5. The highest BCUT2D eigenvalue weighted by atomic mass is 31.2. The van der Waals surface area contributed by atoms with Gasteiger partial charge in [0.25, 0.3) is 0 Å². The number of rotatable bonds is 7. The fraction of sp³-hybridized carbons (Fsp3) is 0.625. The van der Waals surface area contributed by atoms with Crippen LogP contribution in [0.5, 0.6) is 0 Å². The number of fused-ring (bicyclic) bond motifs is 1. The van der Waals surface area contributed by atoms with Crippen LogP contribution in [0.2, 0.25) is 0 Å². The Morgan fingerprint density at radius 1 is 1.14 bits per heavy atom. The minimum atomic E-state index is -4.84. The van der Waals surface area contributed by atoms with Crippen molar-refractivity contribution >= 4 is 31.4 Å². The molecule has 29 heavy (non-hydrogen) atoms. The van der Waals surface area contributed by atoms with Crippen LogP contribution in [0.15, 0.2) is 16.6 Å². The van der Waals surface area contributed by atoms with Gasteiger partial charge in [0, 0.05) is 33.8 Å². The lowest BCUT2D eigenvalue weighted by molar-refractivity contribution is -0.186. The van der Waals surface area contributed by atoms with Gasteiger partial charge in [0.05, 0.1) is 0 Å². The molecule has 5 unspecified atom stereocenters. The highest BCUT2D eigenvalue weighted by Crippen LogP contribution is 2.49. The first-order chi connectivity index (χ1) is 13.4. The van der Waals surface area contributed by atoms with E-state index in [-0.39, 0.29) is 5.90 Å². The molecule has 0 radical (unpaired) electrons. The van der Waals surface area contributed by atoms with Gasteiger partial charge in [-0.05, 0) is 0 Å². The van der Waals surface area contributed by atoms with E-state index in [2.05, 4.69) is 4.99 Å². The zero-order chi connectivity index (χ0) is 21.9. The lowest BCUT2D eigenvalue weighted by atomic mass is 9.95. The van der Waals surface area contributed by atoms with Crippen LogP contribution in [0.1, 0.15) is 27.7 Å². The Hall–Kier alpha value is -2.43. The summed E-state index contributed by atoms with van der Waals surface area (Å²) in [5.41, 5.74) is -0.695. The van der Waals surface area contributed by atoms with Gasteiger partial charge < -0.3 is 33.5 Å². The van der Waals surface area contributed by atoms with Crippen LogP contribution in [0.3, 0.4) is 0 Å². The van der Waals surface area contributed by atoms with Gasteiger partial charge in [-0.2, -0.15) is 0 Å². The number of carbonyl (C=O) groups is 3. The van der Waals surface area contributed by atoms with Gasteiger partial charge in [-0.25, -0.2) is 4.99 Å². The SMILES string of the molecule is CC(=O)OCC(OC(C)=O)C(OC(C)=O)C1OC(P(=O)(O)O)=CC2OC(C)=NC21. The van der Waals surface area contributed by atoms with Crippen molar-refractivity contribution in [3.05, 3.63) is 11.6 Å². The van der Waals surface area contributed by atoms with E-state index in [1.54, 1.807) is 0 Å². The summed E-state index contributed by atoms with van der Waals surface area (Å²) in [6.07, 6.45) is -3.83. The first-order valence-electron chi connectivity index (χ1n) is 8.52. The zero-order valence-corrected chi connectivity index (χ0v) is 17.0. The van der Waals surface area contributed by atoms with Crippen molar-refractivity contribution in [1.29, 1.82) is 0 Å². The van der Waals surface area contributed by atoms with E-state index in [1.165, 1.54) is 6.92 Å². The highest BCUT2D eigenvalue weighted by molar-refractivity contribution is 7.56. The molecular weight excluding hydrogens is 413 g/mol. The Kier molecular flexibility index (Phi) is 7.04. The summed E-state index contributed by atoms with van der Waals surface area (Å²) in [7, 11) is -4.84. The lowest BCUT2D eigenvalue weighted by Crippen LogP contribution is -2.54. The molecule has 13 heteroatoms. The zero-order valence-electron chi connectivity index (χ0n) is 16.1. The molecule has 12 nitrogen and oxygen atoms in total. The molecule has 0 bridgehead atoms. The lowest BCUT2D eigenvalue weighted by Gasteiger charge is -2.38. The molecule has 0 spiro atoms. The van der Waals surface area contributed by atoms with Crippen molar-refractivity contribution in [2.75, 3.05) is 6.61 Å². The van der Waals surface area contributed by atoms with E-state index >= 15 is 0 Å². The first-order valence-corrected chi connectivity index (χ1v) is 10.1. The van der Waals surface area contributed by atoms with Crippen molar-refractivity contribution < 1.29 is 52.4 Å². The summed E-state index contributed by atoms with van der Waals surface area (Å²) in [5.74, 6) is -2.01. The topological polar surface area (TPSA) is 167 Å².